The van der Waals surface area contributed by atoms with Gasteiger partial charge in [0, 0.05) is 55.5 Å². The van der Waals surface area contributed by atoms with E-state index >= 15 is 0 Å². The highest BCUT2D eigenvalue weighted by Gasteiger charge is 2.41. The molecule has 2 atom stereocenters. The van der Waals surface area contributed by atoms with Crippen molar-refractivity contribution in [3.8, 4) is 12.1 Å². The van der Waals surface area contributed by atoms with Gasteiger partial charge in [0.15, 0.2) is 0 Å². The second kappa shape index (κ2) is 10.6. The van der Waals surface area contributed by atoms with Gasteiger partial charge in [-0.15, -0.1) is 0 Å². The van der Waals surface area contributed by atoms with Crippen LogP contribution in [0.3, 0.4) is 0 Å². The van der Waals surface area contributed by atoms with Gasteiger partial charge in [0.05, 0.1) is 34.4 Å². The fourth-order valence-corrected chi connectivity index (χ4v) is 8.04. The van der Waals surface area contributed by atoms with Gasteiger partial charge in [0.1, 0.15) is 0 Å². The molecule has 0 N–H and O–H groups in total. The molecule has 5 aromatic rings. The quantitative estimate of drug-likeness (QED) is 0.101. The molecule has 5 aromatic carbocycles. The van der Waals surface area contributed by atoms with Crippen LogP contribution in [0.5, 0.6) is 0 Å². The molecule has 228 valence electrons. The van der Waals surface area contributed by atoms with Crippen LogP contribution < -0.4 is 0 Å². The Balaban J connectivity index is 1.63. The minimum absolute atomic E-state index is 0.251. The molecule has 0 unspecified atom stereocenters. The zero-order valence-corrected chi connectivity index (χ0v) is 26.3. The number of benzene rings is 5. The number of fused-ring (bicyclic) bond motifs is 2. The van der Waals surface area contributed by atoms with Crippen molar-refractivity contribution in [3.05, 3.63) is 69.8 Å². The van der Waals surface area contributed by atoms with E-state index in [-0.39, 0.29) is 46.2 Å². The van der Waals surface area contributed by atoms with Crippen LogP contribution in [0, 0.1) is 22.7 Å². The molecule has 0 radical (unpaired) electrons. The van der Waals surface area contributed by atoms with Crippen LogP contribution in [0.25, 0.3) is 43.1 Å². The Morgan fingerprint density at radius 2 is 0.913 bits per heavy atom. The number of imide groups is 2. The summed E-state index contributed by atoms with van der Waals surface area (Å²) in [6.07, 6.45) is 4.19. The highest BCUT2D eigenvalue weighted by Crippen LogP contribution is 2.49. The lowest BCUT2D eigenvalue weighted by atomic mass is 9.79. The number of nitriles is 2. The summed E-state index contributed by atoms with van der Waals surface area (Å²) in [6.45, 7) is 7.94. The molecule has 0 fully saturated rings. The zero-order chi connectivity index (χ0) is 32.6. The van der Waals surface area contributed by atoms with Crippen molar-refractivity contribution in [1.29, 1.82) is 10.5 Å². The summed E-state index contributed by atoms with van der Waals surface area (Å²) in [6, 6.07) is 14.1. The van der Waals surface area contributed by atoms with E-state index < -0.39 is 11.8 Å². The van der Waals surface area contributed by atoms with Crippen molar-refractivity contribution < 1.29 is 19.2 Å². The first-order chi connectivity index (χ1) is 22.3. The van der Waals surface area contributed by atoms with Gasteiger partial charge in [-0.3, -0.25) is 29.0 Å². The lowest BCUT2D eigenvalue weighted by molar-refractivity contribution is 0.0510. The molecule has 2 aliphatic heterocycles. The normalized spacial score (nSPS) is 15.8. The largest absolute Gasteiger partial charge is 0.271 e. The summed E-state index contributed by atoms with van der Waals surface area (Å²) in [4.78, 5) is 58.8. The minimum atomic E-state index is -0.427. The van der Waals surface area contributed by atoms with E-state index in [4.69, 9.17) is 0 Å². The Labute approximate surface area is 266 Å². The van der Waals surface area contributed by atoms with Gasteiger partial charge in [-0.25, -0.2) is 0 Å². The monoisotopic (exact) mass is 608 g/mol. The maximum Gasteiger partial charge on any atom is 0.261 e. The predicted molar refractivity (Wildman–Crippen MR) is 176 cm³/mol. The average Bonchev–Trinajstić information content (AvgIpc) is 3.07. The number of nitrogens with zero attached hydrogens (tertiary/aromatic N) is 4. The number of carbonyl (C=O) groups is 4. The number of rotatable bonds is 8. The number of hydrogen-bond acceptors (Lipinski definition) is 6. The Hall–Kier alpha value is -5.34. The van der Waals surface area contributed by atoms with Crippen LogP contribution in [0.1, 0.15) is 119 Å². The third kappa shape index (κ3) is 3.64. The molecular formula is C38H32N4O4. The zero-order valence-electron chi connectivity index (χ0n) is 26.3. The average molecular weight is 609 g/mol. The van der Waals surface area contributed by atoms with E-state index in [0.717, 1.165) is 12.8 Å². The van der Waals surface area contributed by atoms with E-state index in [1.165, 1.54) is 9.80 Å². The van der Waals surface area contributed by atoms with Crippen LogP contribution in [-0.2, 0) is 0 Å². The second-order valence-electron chi connectivity index (χ2n) is 12.4. The molecule has 0 aromatic heterocycles. The van der Waals surface area contributed by atoms with Crippen molar-refractivity contribution >= 4 is 66.7 Å². The van der Waals surface area contributed by atoms with Gasteiger partial charge in [-0.05, 0) is 60.7 Å². The Kier molecular flexibility index (Phi) is 6.79. The first-order valence-corrected chi connectivity index (χ1v) is 16.1. The van der Waals surface area contributed by atoms with Crippen molar-refractivity contribution in [2.45, 2.75) is 78.3 Å². The fourth-order valence-electron chi connectivity index (χ4n) is 8.04. The summed E-state index contributed by atoms with van der Waals surface area (Å²) >= 11 is 0. The summed E-state index contributed by atoms with van der Waals surface area (Å²) < 4.78 is 0. The second-order valence-corrected chi connectivity index (χ2v) is 12.4. The van der Waals surface area contributed by atoms with E-state index in [1.54, 1.807) is 36.4 Å². The molecule has 2 aliphatic rings. The fraction of sp³-hybridized carbons (Fsp3) is 0.316. The van der Waals surface area contributed by atoms with Crippen LogP contribution in [0.15, 0.2) is 36.4 Å². The van der Waals surface area contributed by atoms with Crippen molar-refractivity contribution in [3.63, 3.8) is 0 Å². The molecule has 46 heavy (non-hydrogen) atoms. The SMILES string of the molecule is CCC[C@H](CC)N1C(=O)c2ccc3c4c(C#N)cc5c6c(ccc(c7c(C#N)cc(c2c37)C1=O)c64)C(=O)N([C@@H](CC)CCC)C5=O. The molecule has 0 bridgehead atoms. The molecule has 4 amide bonds. The predicted octanol–water partition coefficient (Wildman–Crippen LogP) is 7.83. The summed E-state index contributed by atoms with van der Waals surface area (Å²) in [5, 5.41) is 25.3. The first kappa shape index (κ1) is 29.4. The van der Waals surface area contributed by atoms with Crippen molar-refractivity contribution in [2.75, 3.05) is 0 Å². The van der Waals surface area contributed by atoms with Crippen LogP contribution in [-0.4, -0.2) is 45.5 Å². The lowest BCUT2D eigenvalue weighted by Crippen LogP contribution is -2.47. The smallest absolute Gasteiger partial charge is 0.261 e. The van der Waals surface area contributed by atoms with Gasteiger partial charge in [-0.1, -0.05) is 52.7 Å². The van der Waals surface area contributed by atoms with Gasteiger partial charge < -0.3 is 0 Å². The highest BCUT2D eigenvalue weighted by atomic mass is 16.2. The molecule has 0 aliphatic carbocycles. The van der Waals surface area contributed by atoms with Crippen LogP contribution in [0.2, 0.25) is 0 Å². The highest BCUT2D eigenvalue weighted by molar-refractivity contribution is 6.42. The third-order valence-corrected chi connectivity index (χ3v) is 10.1. The molecule has 0 saturated carbocycles. The minimum Gasteiger partial charge on any atom is -0.271 e. The Morgan fingerprint density at radius 1 is 0.543 bits per heavy atom. The molecule has 0 spiro atoms. The van der Waals surface area contributed by atoms with E-state index in [9.17, 15) is 29.7 Å². The van der Waals surface area contributed by atoms with Crippen molar-refractivity contribution in [1.82, 2.24) is 9.80 Å². The molecule has 2 heterocycles. The lowest BCUT2D eigenvalue weighted by Gasteiger charge is -2.35. The van der Waals surface area contributed by atoms with Crippen LogP contribution >= 0.6 is 0 Å². The molecule has 8 heteroatoms. The summed E-state index contributed by atoms with van der Waals surface area (Å²) in [5.41, 5.74) is 1.84. The Morgan fingerprint density at radius 3 is 1.24 bits per heavy atom. The molecule has 7 rings (SSSR count). The van der Waals surface area contributed by atoms with Gasteiger partial charge in [0.25, 0.3) is 23.6 Å². The van der Waals surface area contributed by atoms with E-state index in [1.807, 2.05) is 27.7 Å². The first-order valence-electron chi connectivity index (χ1n) is 16.1. The molecular weight excluding hydrogens is 576 g/mol. The summed E-state index contributed by atoms with van der Waals surface area (Å²) in [7, 11) is 0. The Bertz CT molecular complexity index is 2130. The maximum atomic E-state index is 14.1. The van der Waals surface area contributed by atoms with Gasteiger partial charge >= 0.3 is 0 Å². The molecule has 0 saturated heterocycles. The maximum absolute atomic E-state index is 14.1. The number of amides is 4. The number of hydrogen-bond donors (Lipinski definition) is 0. The third-order valence-electron chi connectivity index (χ3n) is 10.1. The van der Waals surface area contributed by atoms with E-state index in [2.05, 4.69) is 12.1 Å². The van der Waals surface area contributed by atoms with Gasteiger partial charge in [-0.2, -0.15) is 10.5 Å². The van der Waals surface area contributed by atoms with Crippen LogP contribution in [0.4, 0.5) is 0 Å². The topological polar surface area (TPSA) is 122 Å². The summed E-state index contributed by atoms with van der Waals surface area (Å²) in [5.74, 6) is -1.59. The standard InChI is InChI=1S/C38H32N4O4/c1-5-9-21(7-3)41-35(43)25-13-11-23-30-20(18-40)16-28-32-26(36(44)42(38(28)46)22(8-4)10-6-2)14-12-24(34(30)32)29-19(17-39)15-27(37(41)45)31(25)33(23)29/h11-16,21-22H,5-10H2,1-4H3/t21-,22-/m0/s1. The van der Waals surface area contributed by atoms with Crippen molar-refractivity contribution in [2.24, 2.45) is 0 Å². The molecule has 8 nitrogen and oxygen atoms in total. The van der Waals surface area contributed by atoms with E-state index in [0.29, 0.717) is 79.9 Å². The van der Waals surface area contributed by atoms with Gasteiger partial charge in [0.2, 0.25) is 0 Å². The number of carbonyl (C=O) groups excluding carboxylic acids is 4.